The van der Waals surface area contributed by atoms with Crippen molar-refractivity contribution in [3.63, 3.8) is 0 Å². The van der Waals surface area contributed by atoms with E-state index in [1.54, 1.807) is 0 Å². The number of nitrogens with one attached hydrogen (secondary N) is 1. The standard InChI is InChI=1S/C21H43F2NO5S2/c1-6-9-10-11-12-13-14-15-16-17-18-24-30(25,26)19(4,7-2)21(22,23)20(5,8-3)31(27,28)29/h24H,6-18H2,1-5H3,(H,27,28,29). The molecule has 0 aliphatic carbocycles. The third-order valence-corrected chi connectivity index (χ3v) is 10.7. The van der Waals surface area contributed by atoms with Gasteiger partial charge >= 0.3 is 0 Å². The summed E-state index contributed by atoms with van der Waals surface area (Å²) in [4.78, 5) is 0. The van der Waals surface area contributed by atoms with Crippen LogP contribution in [0.5, 0.6) is 0 Å². The molecule has 0 aliphatic heterocycles. The van der Waals surface area contributed by atoms with E-state index in [0.717, 1.165) is 32.6 Å². The first-order valence-corrected chi connectivity index (χ1v) is 14.4. The molecule has 0 fully saturated rings. The minimum Gasteiger partial charge on any atom is -0.285 e. The molecule has 0 aromatic heterocycles. The first kappa shape index (κ1) is 30.7. The normalized spacial score (nSPS) is 17.3. The Kier molecular flexibility index (Phi) is 12.7. The van der Waals surface area contributed by atoms with Crippen LogP contribution in [0, 0.1) is 0 Å². The van der Waals surface area contributed by atoms with Crippen molar-refractivity contribution in [2.75, 3.05) is 6.54 Å². The largest absolute Gasteiger partial charge is 0.289 e. The Labute approximate surface area is 188 Å². The summed E-state index contributed by atoms with van der Waals surface area (Å²) in [7, 11) is -9.78. The van der Waals surface area contributed by atoms with Crippen molar-refractivity contribution >= 4 is 20.1 Å². The molecule has 0 aromatic carbocycles. The average molecular weight is 492 g/mol. The second-order valence-electron chi connectivity index (χ2n) is 8.80. The quantitative estimate of drug-likeness (QED) is 0.190. The van der Waals surface area contributed by atoms with Gasteiger partial charge in [0.15, 0.2) is 4.75 Å². The zero-order chi connectivity index (χ0) is 24.4. The van der Waals surface area contributed by atoms with Crippen molar-refractivity contribution in [3.8, 4) is 0 Å². The van der Waals surface area contributed by atoms with Gasteiger partial charge in [-0.1, -0.05) is 78.6 Å². The maximum Gasteiger partial charge on any atom is 0.289 e. The number of sulfonamides is 1. The molecule has 10 heteroatoms. The maximum atomic E-state index is 15.4. The van der Waals surface area contributed by atoms with Gasteiger partial charge in [0.25, 0.3) is 16.0 Å². The van der Waals surface area contributed by atoms with Gasteiger partial charge in [-0.05, 0) is 33.1 Å². The van der Waals surface area contributed by atoms with Crippen molar-refractivity contribution in [1.29, 1.82) is 0 Å². The van der Waals surface area contributed by atoms with Crippen molar-refractivity contribution in [2.24, 2.45) is 0 Å². The second-order valence-corrected chi connectivity index (χ2v) is 12.8. The van der Waals surface area contributed by atoms with Gasteiger partial charge in [-0.25, -0.2) is 21.9 Å². The van der Waals surface area contributed by atoms with E-state index >= 15 is 8.78 Å². The van der Waals surface area contributed by atoms with E-state index in [2.05, 4.69) is 11.6 Å². The second kappa shape index (κ2) is 12.8. The van der Waals surface area contributed by atoms with Crippen LogP contribution >= 0.6 is 0 Å². The van der Waals surface area contributed by atoms with E-state index in [0.29, 0.717) is 13.3 Å². The van der Waals surface area contributed by atoms with Crippen LogP contribution in [0.1, 0.15) is 112 Å². The Bertz CT molecular complexity index is 728. The highest BCUT2D eigenvalue weighted by atomic mass is 32.2. The van der Waals surface area contributed by atoms with Gasteiger partial charge in [-0.15, -0.1) is 0 Å². The fraction of sp³-hybridized carbons (Fsp3) is 1.00. The molecule has 2 unspecified atom stereocenters. The molecular weight excluding hydrogens is 448 g/mol. The molecule has 31 heavy (non-hydrogen) atoms. The molecule has 0 heterocycles. The predicted octanol–water partition coefficient (Wildman–Crippen LogP) is 5.69. The van der Waals surface area contributed by atoms with E-state index in [4.69, 9.17) is 0 Å². The van der Waals surface area contributed by atoms with Gasteiger partial charge in [0.1, 0.15) is 4.75 Å². The highest BCUT2D eigenvalue weighted by Crippen LogP contribution is 2.49. The summed E-state index contributed by atoms with van der Waals surface area (Å²) in [5.41, 5.74) is 0. The van der Waals surface area contributed by atoms with Crippen molar-refractivity contribution < 1.29 is 30.2 Å². The highest BCUT2D eigenvalue weighted by Gasteiger charge is 2.70. The summed E-state index contributed by atoms with van der Waals surface area (Å²) < 4.78 is 85.9. The lowest BCUT2D eigenvalue weighted by molar-refractivity contribution is -0.0763. The minimum absolute atomic E-state index is 0.0131. The number of alkyl halides is 2. The van der Waals surface area contributed by atoms with Crippen LogP contribution < -0.4 is 4.72 Å². The number of hydrogen-bond donors (Lipinski definition) is 2. The molecule has 0 aromatic rings. The van der Waals surface area contributed by atoms with Gasteiger partial charge in [0, 0.05) is 6.54 Å². The number of hydrogen-bond acceptors (Lipinski definition) is 4. The van der Waals surface area contributed by atoms with Gasteiger partial charge in [0.05, 0.1) is 0 Å². The number of halogens is 2. The summed E-state index contributed by atoms with van der Waals surface area (Å²) in [6.07, 6.45) is 9.47. The molecule has 0 spiro atoms. The molecule has 188 valence electrons. The van der Waals surface area contributed by atoms with Crippen molar-refractivity contribution in [2.45, 2.75) is 127 Å². The maximum absolute atomic E-state index is 15.4. The summed E-state index contributed by atoms with van der Waals surface area (Å²) in [6.45, 7) is 6.17. The Morgan fingerprint density at radius 2 is 1.10 bits per heavy atom. The average Bonchev–Trinajstić information content (AvgIpc) is 2.69. The molecule has 0 radical (unpaired) electrons. The van der Waals surface area contributed by atoms with E-state index < -0.39 is 48.4 Å². The third-order valence-electron chi connectivity index (χ3n) is 6.66. The van der Waals surface area contributed by atoms with Crippen LogP contribution in [0.25, 0.3) is 0 Å². The van der Waals surface area contributed by atoms with E-state index in [1.165, 1.54) is 46.0 Å². The van der Waals surface area contributed by atoms with Crippen molar-refractivity contribution in [1.82, 2.24) is 4.72 Å². The SMILES string of the molecule is CCCCCCCCCCCCNS(=O)(=O)C(C)(CC)C(F)(F)C(C)(CC)S(=O)(=O)O. The Morgan fingerprint density at radius 3 is 1.45 bits per heavy atom. The number of rotatable bonds is 18. The molecule has 0 aliphatic rings. The molecule has 6 nitrogen and oxygen atoms in total. The smallest absolute Gasteiger partial charge is 0.285 e. The Morgan fingerprint density at radius 1 is 0.710 bits per heavy atom. The Balaban J connectivity index is 4.89. The molecule has 0 bridgehead atoms. The zero-order valence-corrected chi connectivity index (χ0v) is 21.5. The fourth-order valence-electron chi connectivity index (χ4n) is 3.68. The van der Waals surface area contributed by atoms with Crippen molar-refractivity contribution in [3.05, 3.63) is 0 Å². The van der Waals surface area contributed by atoms with Crippen LogP contribution in [-0.4, -0.2) is 43.3 Å². The van der Waals surface area contributed by atoms with E-state index in [-0.39, 0.29) is 6.54 Å². The van der Waals surface area contributed by atoms with Crippen LogP contribution in [-0.2, 0) is 20.1 Å². The summed E-state index contributed by atoms with van der Waals surface area (Å²) in [5.74, 6) is -4.22. The van der Waals surface area contributed by atoms with E-state index in [1.807, 2.05) is 0 Å². The summed E-state index contributed by atoms with van der Waals surface area (Å²) in [5, 5.41) is 0. The van der Waals surface area contributed by atoms with Gasteiger partial charge in [0.2, 0.25) is 10.0 Å². The van der Waals surface area contributed by atoms with Crippen LogP contribution in [0.15, 0.2) is 0 Å². The highest BCUT2D eigenvalue weighted by molar-refractivity contribution is 7.91. The first-order valence-electron chi connectivity index (χ1n) is 11.5. The molecule has 0 saturated carbocycles. The van der Waals surface area contributed by atoms with Gasteiger partial charge in [-0.3, -0.25) is 4.55 Å². The molecule has 0 rings (SSSR count). The first-order chi connectivity index (χ1) is 14.2. The zero-order valence-electron chi connectivity index (χ0n) is 19.8. The van der Waals surface area contributed by atoms with E-state index in [9.17, 15) is 21.4 Å². The van der Waals surface area contributed by atoms with Crippen LogP contribution in [0.2, 0.25) is 0 Å². The third kappa shape index (κ3) is 7.33. The lowest BCUT2D eigenvalue weighted by Crippen LogP contribution is -2.67. The van der Waals surface area contributed by atoms with Crippen LogP contribution in [0.3, 0.4) is 0 Å². The molecule has 2 atom stereocenters. The fourth-order valence-corrected chi connectivity index (χ4v) is 6.34. The summed E-state index contributed by atoms with van der Waals surface area (Å²) in [6, 6.07) is 0. The number of unbranched alkanes of at least 4 members (excludes halogenated alkanes) is 9. The molecule has 0 saturated heterocycles. The lowest BCUT2D eigenvalue weighted by atomic mass is 9.87. The lowest BCUT2D eigenvalue weighted by Gasteiger charge is -2.44. The monoisotopic (exact) mass is 491 g/mol. The topological polar surface area (TPSA) is 101 Å². The Hall–Kier alpha value is -0.320. The molecule has 2 N–H and O–H groups in total. The molecular formula is C21H43F2NO5S2. The predicted molar refractivity (Wildman–Crippen MR) is 123 cm³/mol. The van der Waals surface area contributed by atoms with Crippen LogP contribution in [0.4, 0.5) is 8.78 Å². The van der Waals surface area contributed by atoms with Gasteiger partial charge in [-0.2, -0.15) is 8.42 Å². The molecule has 0 amide bonds. The van der Waals surface area contributed by atoms with Gasteiger partial charge < -0.3 is 0 Å². The minimum atomic E-state index is -5.21. The summed E-state index contributed by atoms with van der Waals surface area (Å²) >= 11 is 0.